The molecule has 0 atom stereocenters. The van der Waals surface area contributed by atoms with E-state index in [1.54, 1.807) is 0 Å². The van der Waals surface area contributed by atoms with Gasteiger partial charge in [0, 0.05) is 40.4 Å². The predicted octanol–water partition coefficient (Wildman–Crippen LogP) is 11.3. The molecule has 0 amide bonds. The van der Waals surface area contributed by atoms with Gasteiger partial charge in [0.2, 0.25) is 0 Å². The second-order valence-corrected chi connectivity index (χ2v) is 15.0. The second-order valence-electron chi connectivity index (χ2n) is 15.0. The number of hydrogen-bond acceptors (Lipinski definition) is 3. The topological polar surface area (TPSA) is 44.9 Å². The molecule has 5 heteroatoms. The van der Waals surface area contributed by atoms with Gasteiger partial charge in [0.15, 0.2) is 0 Å². The van der Waals surface area contributed by atoms with E-state index in [9.17, 15) is 0 Å². The minimum atomic E-state index is -0.0203. The van der Waals surface area contributed by atoms with E-state index in [1.807, 2.05) is 30.5 Å². The van der Waals surface area contributed by atoms with Crippen LogP contribution in [-0.4, -0.2) is 19.3 Å². The van der Waals surface area contributed by atoms with E-state index in [-0.39, 0.29) is 10.8 Å². The molecule has 3 aromatic heterocycles. The summed E-state index contributed by atoms with van der Waals surface area (Å²) >= 11 is 0. The summed E-state index contributed by atoms with van der Waals surface area (Å²) in [5, 5.41) is 7.47. The van der Waals surface area contributed by atoms with E-state index in [0.717, 1.165) is 50.8 Å². The van der Waals surface area contributed by atoms with E-state index < -0.39 is 0 Å². The zero-order valence-electron chi connectivity index (χ0n) is 29.5. The second kappa shape index (κ2) is 11.5. The lowest BCUT2D eigenvalue weighted by molar-refractivity contribution is 0.482. The largest absolute Gasteiger partial charge is 0.457 e. The fourth-order valence-corrected chi connectivity index (χ4v) is 7.05. The molecule has 0 aliphatic carbocycles. The molecular formula is C43H44N4O. The Morgan fingerprint density at radius 1 is 0.604 bits per heavy atom. The van der Waals surface area contributed by atoms with Crippen molar-refractivity contribution in [1.82, 2.24) is 19.3 Å². The number of benzene rings is 4. The molecule has 0 saturated carbocycles. The molecule has 48 heavy (non-hydrogen) atoms. The van der Waals surface area contributed by atoms with Crippen LogP contribution in [0.3, 0.4) is 0 Å². The molecule has 3 heterocycles. The van der Waals surface area contributed by atoms with Gasteiger partial charge in [-0.3, -0.25) is 4.57 Å². The molecule has 7 aromatic rings. The van der Waals surface area contributed by atoms with Crippen LogP contribution in [0.5, 0.6) is 11.5 Å². The predicted molar refractivity (Wildman–Crippen MR) is 199 cm³/mol. The molecule has 242 valence electrons. The van der Waals surface area contributed by atoms with E-state index in [1.165, 1.54) is 33.2 Å². The lowest BCUT2D eigenvalue weighted by atomic mass is 9.74. The summed E-state index contributed by atoms with van der Waals surface area (Å²) < 4.78 is 10.9. The molecule has 0 bridgehead atoms. The van der Waals surface area contributed by atoms with E-state index in [0.29, 0.717) is 0 Å². The third kappa shape index (κ3) is 5.47. The lowest BCUT2D eigenvalue weighted by Crippen LogP contribution is -2.19. The Labute approximate surface area is 283 Å². The zero-order valence-corrected chi connectivity index (χ0v) is 29.5. The molecule has 5 nitrogen and oxygen atoms in total. The molecule has 0 unspecified atom stereocenters. The van der Waals surface area contributed by atoms with Crippen molar-refractivity contribution in [2.45, 2.75) is 73.1 Å². The van der Waals surface area contributed by atoms with Gasteiger partial charge in [-0.2, -0.15) is 5.10 Å². The third-order valence-electron chi connectivity index (χ3n) is 9.30. The van der Waals surface area contributed by atoms with Crippen molar-refractivity contribution in [3.05, 3.63) is 131 Å². The van der Waals surface area contributed by atoms with Gasteiger partial charge in [0.25, 0.3) is 0 Å². The number of aromatic nitrogens is 4. The number of pyridine rings is 1. The Kier molecular flexibility index (Phi) is 7.54. The minimum absolute atomic E-state index is 0.0203. The molecule has 0 aliphatic heterocycles. The quantitative estimate of drug-likeness (QED) is 0.190. The molecule has 0 spiro atoms. The smallest absolute Gasteiger partial charge is 0.137 e. The van der Waals surface area contributed by atoms with Crippen molar-refractivity contribution < 1.29 is 4.74 Å². The first kappa shape index (κ1) is 31.4. The van der Waals surface area contributed by atoms with Crippen LogP contribution in [0.2, 0.25) is 0 Å². The van der Waals surface area contributed by atoms with E-state index in [4.69, 9.17) is 14.8 Å². The number of aryl methyl sites for hydroxylation is 2. The van der Waals surface area contributed by atoms with Crippen LogP contribution in [0.4, 0.5) is 0 Å². The molecule has 0 N–H and O–H groups in total. The Balaban J connectivity index is 1.30. The van der Waals surface area contributed by atoms with Gasteiger partial charge >= 0.3 is 0 Å². The van der Waals surface area contributed by atoms with Crippen LogP contribution in [0.1, 0.15) is 69.6 Å². The maximum absolute atomic E-state index is 6.57. The SMILES string of the molecule is Cc1ccnc(-n2c3ccccc3c3ccc(Oc4cccc(-n5nc(C)c(-c6c(C(C)(C)C)cccc6C(C)(C)C)c5C)c4)cc32)c1. The zero-order chi connectivity index (χ0) is 34.0. The Hall–Kier alpha value is -5.16. The summed E-state index contributed by atoms with van der Waals surface area (Å²) in [7, 11) is 0. The fourth-order valence-electron chi connectivity index (χ4n) is 7.05. The molecule has 0 fully saturated rings. The molecule has 4 aromatic carbocycles. The van der Waals surface area contributed by atoms with Crippen molar-refractivity contribution in [2.75, 3.05) is 0 Å². The highest BCUT2D eigenvalue weighted by molar-refractivity contribution is 6.09. The monoisotopic (exact) mass is 632 g/mol. The highest BCUT2D eigenvalue weighted by Gasteiger charge is 2.29. The summed E-state index contributed by atoms with van der Waals surface area (Å²) in [5.74, 6) is 2.41. The van der Waals surface area contributed by atoms with Crippen LogP contribution in [0, 0.1) is 20.8 Å². The summed E-state index contributed by atoms with van der Waals surface area (Å²) in [6, 6.07) is 33.9. The average molecular weight is 633 g/mol. The summed E-state index contributed by atoms with van der Waals surface area (Å²) in [6.07, 6.45) is 1.87. The highest BCUT2D eigenvalue weighted by Crippen LogP contribution is 2.43. The highest BCUT2D eigenvalue weighted by atomic mass is 16.5. The van der Waals surface area contributed by atoms with Crippen LogP contribution in [0.15, 0.2) is 103 Å². The van der Waals surface area contributed by atoms with Crippen molar-refractivity contribution in [2.24, 2.45) is 0 Å². The Morgan fingerprint density at radius 3 is 1.98 bits per heavy atom. The number of nitrogens with zero attached hydrogens (tertiary/aromatic N) is 4. The standard InChI is InChI=1S/C43H44N4O/c1-27-22-23-44-39(24-27)46-37-19-11-10-16-33(37)34-21-20-32(26-38(34)46)48-31-15-12-14-30(25-31)47-29(3)40(28(2)45-47)41-35(42(4,5)6)17-13-18-36(41)43(7,8)9/h10-26H,1-9H3. The number of para-hydroxylation sites is 1. The maximum atomic E-state index is 6.57. The van der Waals surface area contributed by atoms with Crippen molar-refractivity contribution in [3.63, 3.8) is 0 Å². The van der Waals surface area contributed by atoms with Crippen molar-refractivity contribution in [3.8, 4) is 34.1 Å². The van der Waals surface area contributed by atoms with E-state index in [2.05, 4.69) is 144 Å². The first-order valence-electron chi connectivity index (χ1n) is 16.8. The van der Waals surface area contributed by atoms with Crippen LogP contribution >= 0.6 is 0 Å². The van der Waals surface area contributed by atoms with Gasteiger partial charge in [0.1, 0.15) is 17.3 Å². The van der Waals surface area contributed by atoms with Gasteiger partial charge < -0.3 is 4.74 Å². The first-order chi connectivity index (χ1) is 22.8. The molecule has 0 aliphatic rings. The van der Waals surface area contributed by atoms with Crippen LogP contribution < -0.4 is 4.74 Å². The van der Waals surface area contributed by atoms with Gasteiger partial charge in [-0.1, -0.05) is 84.0 Å². The lowest BCUT2D eigenvalue weighted by Gasteiger charge is -2.30. The number of ether oxygens (including phenoxy) is 1. The van der Waals surface area contributed by atoms with Gasteiger partial charge in [-0.15, -0.1) is 0 Å². The number of hydrogen-bond donors (Lipinski definition) is 0. The molecule has 0 saturated heterocycles. The van der Waals surface area contributed by atoms with Crippen molar-refractivity contribution >= 4 is 21.8 Å². The number of rotatable bonds is 5. The normalized spacial score (nSPS) is 12.3. The Bertz CT molecular complexity index is 2290. The maximum Gasteiger partial charge on any atom is 0.137 e. The summed E-state index contributed by atoms with van der Waals surface area (Å²) in [4.78, 5) is 4.73. The van der Waals surface area contributed by atoms with Crippen LogP contribution in [-0.2, 0) is 10.8 Å². The average Bonchev–Trinajstić information content (AvgIpc) is 3.52. The van der Waals surface area contributed by atoms with Gasteiger partial charge in [-0.05, 0) is 96.3 Å². The minimum Gasteiger partial charge on any atom is -0.457 e. The van der Waals surface area contributed by atoms with Crippen LogP contribution in [0.25, 0.3) is 44.4 Å². The van der Waals surface area contributed by atoms with Gasteiger partial charge in [0.05, 0.1) is 22.4 Å². The Morgan fingerprint density at radius 2 is 1.27 bits per heavy atom. The molecular weight excluding hydrogens is 589 g/mol. The molecule has 7 rings (SSSR count). The number of fused-ring (bicyclic) bond motifs is 3. The molecule has 0 radical (unpaired) electrons. The fraction of sp³-hybridized carbons (Fsp3) is 0.256. The van der Waals surface area contributed by atoms with E-state index >= 15 is 0 Å². The summed E-state index contributed by atoms with van der Waals surface area (Å²) in [6.45, 7) is 20.2. The summed E-state index contributed by atoms with van der Waals surface area (Å²) in [5.41, 5.74) is 11.6. The van der Waals surface area contributed by atoms with Crippen molar-refractivity contribution in [1.29, 1.82) is 0 Å². The van der Waals surface area contributed by atoms with Gasteiger partial charge in [-0.25, -0.2) is 9.67 Å². The third-order valence-corrected chi connectivity index (χ3v) is 9.30. The first-order valence-corrected chi connectivity index (χ1v) is 16.8.